The number of aryl methyl sites for hydroxylation is 2. The maximum atomic E-state index is 11.9. The van der Waals surface area contributed by atoms with Crippen molar-refractivity contribution in [2.75, 3.05) is 30.7 Å². The molecule has 10 heteroatoms. The number of esters is 1. The van der Waals surface area contributed by atoms with Crippen LogP contribution in [-0.4, -0.2) is 56.7 Å². The monoisotopic (exact) mass is 556 g/mol. The number of hydrogen-bond donors (Lipinski definition) is 4. The van der Waals surface area contributed by atoms with Crippen LogP contribution in [0.2, 0.25) is 0 Å². The Hall–Kier alpha value is -3.60. The lowest BCUT2D eigenvalue weighted by atomic mass is 9.99. The average molecular weight is 557 g/mol. The molecule has 0 fully saturated rings. The first kappa shape index (κ1) is 29.9. The lowest BCUT2D eigenvalue weighted by Gasteiger charge is -2.22. The van der Waals surface area contributed by atoms with Crippen LogP contribution >= 0.6 is 0 Å². The number of sulfonamides is 1. The van der Waals surface area contributed by atoms with E-state index in [1.54, 1.807) is 32.0 Å². The second-order valence-corrected chi connectivity index (χ2v) is 11.2. The number of phenolic OH excluding ortho intramolecular Hbond substituents is 1. The van der Waals surface area contributed by atoms with Gasteiger partial charge in [-0.15, -0.1) is 0 Å². The molecule has 0 aliphatic rings. The predicted octanol–water partition coefficient (Wildman–Crippen LogP) is 4.31. The van der Waals surface area contributed by atoms with Crippen LogP contribution in [0.3, 0.4) is 0 Å². The Bertz CT molecular complexity index is 1380. The molecule has 0 unspecified atom stereocenters. The summed E-state index contributed by atoms with van der Waals surface area (Å²) in [5, 5.41) is 23.9. The molecule has 0 amide bonds. The molecular weight excluding hydrogens is 520 g/mol. The first-order chi connectivity index (χ1) is 18.4. The van der Waals surface area contributed by atoms with Gasteiger partial charge in [0.05, 0.1) is 30.2 Å². The maximum Gasteiger partial charge on any atom is 0.338 e. The molecule has 0 saturated carbocycles. The molecule has 0 spiro atoms. The summed E-state index contributed by atoms with van der Waals surface area (Å²) < 4.78 is 36.4. The average Bonchev–Trinajstić information content (AvgIpc) is 2.87. The number of carbonyl (C=O) groups is 1. The van der Waals surface area contributed by atoms with Crippen LogP contribution in [-0.2, 0) is 14.8 Å². The van der Waals surface area contributed by atoms with E-state index in [2.05, 4.69) is 10.0 Å². The topological polar surface area (TPSA) is 134 Å². The molecule has 2 atom stereocenters. The second kappa shape index (κ2) is 13.0. The van der Waals surface area contributed by atoms with Crippen LogP contribution in [0.5, 0.6) is 11.5 Å². The molecule has 39 heavy (non-hydrogen) atoms. The molecule has 0 aromatic heterocycles. The van der Waals surface area contributed by atoms with Crippen molar-refractivity contribution in [3.63, 3.8) is 0 Å². The number of aliphatic hydroxyl groups excluding tert-OH is 1. The fourth-order valence-corrected chi connectivity index (χ4v) is 4.78. The third-order valence-corrected chi connectivity index (χ3v) is 6.73. The molecular formula is C29H36N2O7S. The molecule has 3 aromatic rings. The molecule has 3 rings (SSSR count). The zero-order valence-corrected chi connectivity index (χ0v) is 23.6. The lowest BCUT2D eigenvalue weighted by Crippen LogP contribution is -2.35. The van der Waals surface area contributed by atoms with Crippen LogP contribution in [0.15, 0.2) is 54.6 Å². The summed E-state index contributed by atoms with van der Waals surface area (Å²) in [6, 6.07) is 15.3. The smallest absolute Gasteiger partial charge is 0.338 e. The first-order valence-corrected chi connectivity index (χ1v) is 14.5. The summed E-state index contributed by atoms with van der Waals surface area (Å²) in [6.07, 6.45) is 0.0464. The van der Waals surface area contributed by atoms with Gasteiger partial charge >= 0.3 is 5.97 Å². The van der Waals surface area contributed by atoms with E-state index in [0.717, 1.165) is 34.3 Å². The van der Waals surface area contributed by atoms with Crippen molar-refractivity contribution in [2.45, 2.75) is 39.8 Å². The Balaban J connectivity index is 1.58. The van der Waals surface area contributed by atoms with E-state index in [1.807, 2.05) is 38.1 Å². The normalized spacial score (nSPS) is 13.0. The Kier molecular flexibility index (Phi) is 9.96. The Morgan fingerprint density at radius 3 is 2.23 bits per heavy atom. The number of ether oxygens (including phenoxy) is 2. The highest BCUT2D eigenvalue weighted by Gasteiger charge is 2.18. The number of benzene rings is 3. The van der Waals surface area contributed by atoms with Crippen molar-refractivity contribution >= 4 is 21.7 Å². The second-order valence-electron chi connectivity index (χ2n) is 9.42. The van der Waals surface area contributed by atoms with Crippen molar-refractivity contribution in [2.24, 2.45) is 0 Å². The van der Waals surface area contributed by atoms with E-state index in [9.17, 15) is 23.4 Å². The number of aliphatic hydroxyl groups is 1. The molecule has 0 saturated heterocycles. The molecule has 0 heterocycles. The van der Waals surface area contributed by atoms with Crippen LogP contribution in [0.1, 0.15) is 47.0 Å². The number of hydrogen-bond acceptors (Lipinski definition) is 8. The van der Waals surface area contributed by atoms with Crippen molar-refractivity contribution < 1.29 is 32.9 Å². The lowest BCUT2D eigenvalue weighted by molar-refractivity contribution is 0.0526. The fraction of sp³-hybridized carbons (Fsp3) is 0.345. The largest absolute Gasteiger partial charge is 0.506 e. The van der Waals surface area contributed by atoms with Gasteiger partial charge in [0.1, 0.15) is 18.1 Å². The summed E-state index contributed by atoms with van der Waals surface area (Å²) in [5.41, 5.74) is 4.92. The number of carbonyl (C=O) groups excluding carboxylic acids is 1. The highest BCUT2D eigenvalue weighted by molar-refractivity contribution is 7.92. The Morgan fingerprint density at radius 2 is 1.64 bits per heavy atom. The number of anilines is 1. The van der Waals surface area contributed by atoms with Crippen LogP contribution < -0.4 is 14.8 Å². The highest BCUT2D eigenvalue weighted by Crippen LogP contribution is 2.31. The number of rotatable bonds is 12. The zero-order chi connectivity index (χ0) is 28.7. The van der Waals surface area contributed by atoms with Crippen molar-refractivity contribution in [3.8, 4) is 22.6 Å². The highest BCUT2D eigenvalue weighted by atomic mass is 32.2. The Morgan fingerprint density at radius 1 is 1.00 bits per heavy atom. The summed E-state index contributed by atoms with van der Waals surface area (Å²) >= 11 is 0. The summed E-state index contributed by atoms with van der Waals surface area (Å²) in [4.78, 5) is 11.9. The minimum absolute atomic E-state index is 0.00826. The molecule has 0 aliphatic heterocycles. The van der Waals surface area contributed by atoms with E-state index in [-0.39, 0.29) is 23.4 Å². The molecule has 0 bridgehead atoms. The van der Waals surface area contributed by atoms with E-state index < -0.39 is 16.1 Å². The van der Waals surface area contributed by atoms with Crippen molar-refractivity contribution in [3.05, 3.63) is 76.9 Å². The number of nitrogens with one attached hydrogen (secondary N) is 2. The molecule has 9 nitrogen and oxygen atoms in total. The van der Waals surface area contributed by atoms with Gasteiger partial charge in [-0.3, -0.25) is 4.72 Å². The van der Waals surface area contributed by atoms with E-state index >= 15 is 0 Å². The van der Waals surface area contributed by atoms with Crippen LogP contribution in [0.4, 0.5) is 5.69 Å². The minimum atomic E-state index is -3.58. The van der Waals surface area contributed by atoms with Gasteiger partial charge in [0, 0.05) is 12.6 Å². The van der Waals surface area contributed by atoms with Gasteiger partial charge in [-0.1, -0.05) is 18.2 Å². The van der Waals surface area contributed by atoms with E-state index in [4.69, 9.17) is 9.47 Å². The standard InChI is InChI=1S/C29H36N2O7S/c1-6-37-29(34)22-9-7-21(8-10-22)24-15-18(2)28(19(3)16-24)38-14-13-30-20(4)27(33)23-11-12-26(32)25(17-23)31-39(5,35)36/h7-12,15-17,20,27,30-33H,6,13-14H2,1-5H3/t20-,27+/m0/s1. The van der Waals surface area contributed by atoms with Gasteiger partial charge in [0.15, 0.2) is 0 Å². The van der Waals surface area contributed by atoms with Crippen molar-refractivity contribution in [1.82, 2.24) is 5.32 Å². The third-order valence-electron chi connectivity index (χ3n) is 6.14. The van der Waals surface area contributed by atoms with Crippen molar-refractivity contribution in [1.29, 1.82) is 0 Å². The first-order valence-electron chi connectivity index (χ1n) is 12.6. The molecule has 3 aromatic carbocycles. The molecule has 0 aliphatic carbocycles. The molecule has 4 N–H and O–H groups in total. The third kappa shape index (κ3) is 8.19. The van der Waals surface area contributed by atoms with Gasteiger partial charge in [0.2, 0.25) is 10.0 Å². The van der Waals surface area contributed by atoms with Gasteiger partial charge in [-0.05, 0) is 91.9 Å². The van der Waals surface area contributed by atoms with E-state index in [1.165, 1.54) is 12.1 Å². The van der Waals surface area contributed by atoms with Gasteiger partial charge in [0.25, 0.3) is 0 Å². The maximum absolute atomic E-state index is 11.9. The summed E-state index contributed by atoms with van der Waals surface area (Å²) in [6.45, 7) is 8.69. The number of phenols is 1. The zero-order valence-electron chi connectivity index (χ0n) is 22.8. The number of aromatic hydroxyl groups is 1. The minimum Gasteiger partial charge on any atom is -0.506 e. The Labute approximate surface area is 229 Å². The van der Waals surface area contributed by atoms with Crippen LogP contribution in [0, 0.1) is 13.8 Å². The summed E-state index contributed by atoms with van der Waals surface area (Å²) in [7, 11) is -3.58. The van der Waals surface area contributed by atoms with E-state index in [0.29, 0.717) is 30.9 Å². The van der Waals surface area contributed by atoms with Gasteiger partial charge in [-0.25, -0.2) is 13.2 Å². The summed E-state index contributed by atoms with van der Waals surface area (Å²) in [5.74, 6) is 0.218. The van der Waals surface area contributed by atoms with Gasteiger partial charge < -0.3 is 25.0 Å². The van der Waals surface area contributed by atoms with Crippen LogP contribution in [0.25, 0.3) is 11.1 Å². The fourth-order valence-electron chi connectivity index (χ4n) is 4.22. The predicted molar refractivity (Wildman–Crippen MR) is 152 cm³/mol. The quantitative estimate of drug-likeness (QED) is 0.147. The van der Waals surface area contributed by atoms with Gasteiger partial charge in [-0.2, -0.15) is 0 Å². The molecule has 210 valence electrons. The SMILES string of the molecule is CCOC(=O)c1ccc(-c2cc(C)c(OCCN[C@@H](C)[C@@H](O)c3ccc(O)c(NS(C)(=O)=O)c3)c(C)c2)cc1. The molecule has 0 radical (unpaired) electrons.